The van der Waals surface area contributed by atoms with Crippen LogP contribution in [0, 0.1) is 27.7 Å². The minimum Gasteiger partial charge on any atom is -0.240 e. The molecule has 0 N–H and O–H groups in total. The summed E-state index contributed by atoms with van der Waals surface area (Å²) in [6.45, 7) is 8.62. The lowest BCUT2D eigenvalue weighted by molar-refractivity contribution is 0.868. The largest absolute Gasteiger partial charge is 0.240 e. The van der Waals surface area contributed by atoms with Crippen molar-refractivity contribution in [2.24, 2.45) is 0 Å². The molecule has 0 saturated heterocycles. The van der Waals surface area contributed by atoms with Crippen LogP contribution in [-0.2, 0) is 0 Å². The van der Waals surface area contributed by atoms with E-state index in [0.29, 0.717) is 0 Å². The predicted octanol–water partition coefficient (Wildman–Crippen LogP) is 6.44. The Morgan fingerprint density at radius 3 is 1.78 bits per heavy atom. The van der Waals surface area contributed by atoms with Crippen molar-refractivity contribution in [2.45, 2.75) is 27.7 Å². The Kier molecular flexibility index (Phi) is 4.41. The zero-order valence-electron chi connectivity index (χ0n) is 16.3. The van der Waals surface area contributed by atoms with Gasteiger partial charge in [-0.3, -0.25) is 0 Å². The van der Waals surface area contributed by atoms with Crippen LogP contribution in [0.25, 0.3) is 28.1 Å². The highest BCUT2D eigenvalue weighted by Gasteiger charge is 2.14. The molecule has 0 bridgehead atoms. The Hall–Kier alpha value is -3.13. The van der Waals surface area contributed by atoms with Gasteiger partial charge in [0.05, 0.1) is 11.4 Å². The molecule has 1 aromatic heterocycles. The smallest absolute Gasteiger partial charge is 0.0933 e. The summed E-state index contributed by atoms with van der Waals surface area (Å²) in [4.78, 5) is 0. The molecular formula is C25H24N2. The molecular weight excluding hydrogens is 328 g/mol. The number of hydrogen-bond donors (Lipinski definition) is 0. The van der Waals surface area contributed by atoms with Gasteiger partial charge in [-0.05, 0) is 67.1 Å². The Morgan fingerprint density at radius 1 is 0.593 bits per heavy atom. The monoisotopic (exact) mass is 352 g/mol. The van der Waals surface area contributed by atoms with Crippen molar-refractivity contribution >= 4 is 0 Å². The maximum absolute atomic E-state index is 4.93. The minimum atomic E-state index is 0.996. The third-order valence-corrected chi connectivity index (χ3v) is 5.21. The first-order valence-corrected chi connectivity index (χ1v) is 9.34. The second-order valence-electron chi connectivity index (χ2n) is 7.20. The normalized spacial score (nSPS) is 11.0. The topological polar surface area (TPSA) is 17.8 Å². The Balaban J connectivity index is 1.87. The van der Waals surface area contributed by atoms with Crippen molar-refractivity contribution in [3.8, 4) is 28.1 Å². The van der Waals surface area contributed by atoms with Crippen molar-refractivity contribution in [1.29, 1.82) is 0 Å². The summed E-state index contributed by atoms with van der Waals surface area (Å²) < 4.78 is 2.00. The number of rotatable bonds is 3. The second kappa shape index (κ2) is 6.88. The summed E-state index contributed by atoms with van der Waals surface area (Å²) in [6, 6.07) is 23.5. The van der Waals surface area contributed by atoms with Gasteiger partial charge >= 0.3 is 0 Å². The van der Waals surface area contributed by atoms with E-state index in [1.165, 1.54) is 38.9 Å². The van der Waals surface area contributed by atoms with Gasteiger partial charge in [0, 0.05) is 11.8 Å². The first-order chi connectivity index (χ1) is 13.1. The lowest BCUT2D eigenvalue weighted by Crippen LogP contribution is -2.01. The van der Waals surface area contributed by atoms with Gasteiger partial charge in [0.1, 0.15) is 0 Å². The van der Waals surface area contributed by atoms with Crippen LogP contribution in [0.2, 0.25) is 0 Å². The average molecular weight is 352 g/mol. The van der Waals surface area contributed by atoms with E-state index in [1.54, 1.807) is 0 Å². The molecule has 0 radical (unpaired) electrons. The molecule has 3 aromatic carbocycles. The van der Waals surface area contributed by atoms with Crippen molar-refractivity contribution in [3.63, 3.8) is 0 Å². The Bertz CT molecular complexity index is 1080. The van der Waals surface area contributed by atoms with Crippen LogP contribution >= 0.6 is 0 Å². The van der Waals surface area contributed by atoms with E-state index in [0.717, 1.165) is 11.4 Å². The zero-order valence-corrected chi connectivity index (χ0v) is 16.3. The maximum Gasteiger partial charge on any atom is 0.0933 e. The number of benzene rings is 3. The van der Waals surface area contributed by atoms with E-state index in [1.807, 2.05) is 4.68 Å². The number of nitrogens with zero attached hydrogens (tertiary/aromatic N) is 2. The van der Waals surface area contributed by atoms with Gasteiger partial charge in [0.15, 0.2) is 0 Å². The summed E-state index contributed by atoms with van der Waals surface area (Å²) in [7, 11) is 0. The third-order valence-electron chi connectivity index (χ3n) is 5.21. The quantitative estimate of drug-likeness (QED) is 0.415. The van der Waals surface area contributed by atoms with Crippen molar-refractivity contribution in [1.82, 2.24) is 9.78 Å². The highest BCUT2D eigenvalue weighted by molar-refractivity contribution is 5.84. The first kappa shape index (κ1) is 17.3. The lowest BCUT2D eigenvalue weighted by Gasteiger charge is -2.14. The maximum atomic E-state index is 4.93. The molecule has 134 valence electrons. The standard InChI is InChI=1S/C25H24N2/c1-17-9-7-10-18(2)24(17)22-14-6-5-13-21(22)23-15-16-27(26-23)25-19(3)11-8-12-20(25)4/h5-16H,1-4H3. The molecule has 27 heavy (non-hydrogen) atoms. The SMILES string of the molecule is Cc1cccc(C)c1-c1ccccc1-c1ccn(-c2c(C)cccc2C)n1. The summed E-state index contributed by atoms with van der Waals surface area (Å²) in [5, 5.41) is 4.93. The van der Waals surface area contributed by atoms with E-state index in [-0.39, 0.29) is 0 Å². The molecule has 4 aromatic rings. The fourth-order valence-electron chi connectivity index (χ4n) is 3.92. The van der Waals surface area contributed by atoms with Crippen LogP contribution in [0.15, 0.2) is 72.9 Å². The molecule has 1 heterocycles. The second-order valence-corrected chi connectivity index (χ2v) is 7.20. The molecule has 0 aliphatic heterocycles. The van der Waals surface area contributed by atoms with E-state index in [9.17, 15) is 0 Å². The van der Waals surface area contributed by atoms with Crippen LogP contribution in [0.4, 0.5) is 0 Å². The summed E-state index contributed by atoms with van der Waals surface area (Å²) in [5.41, 5.74) is 10.9. The molecule has 4 rings (SSSR count). The van der Waals surface area contributed by atoms with Gasteiger partial charge in [0.2, 0.25) is 0 Å². The fourth-order valence-corrected chi connectivity index (χ4v) is 3.92. The van der Waals surface area contributed by atoms with Crippen molar-refractivity contribution < 1.29 is 0 Å². The van der Waals surface area contributed by atoms with E-state index >= 15 is 0 Å². The molecule has 0 saturated carbocycles. The Labute approximate surface area is 161 Å². The van der Waals surface area contributed by atoms with Gasteiger partial charge in [-0.15, -0.1) is 0 Å². The van der Waals surface area contributed by atoms with E-state index in [4.69, 9.17) is 5.10 Å². The fraction of sp³-hybridized carbons (Fsp3) is 0.160. The van der Waals surface area contributed by atoms with Crippen molar-refractivity contribution in [3.05, 3.63) is 95.2 Å². The van der Waals surface area contributed by atoms with Crippen LogP contribution in [0.5, 0.6) is 0 Å². The number of hydrogen-bond acceptors (Lipinski definition) is 1. The van der Waals surface area contributed by atoms with E-state index < -0.39 is 0 Å². The lowest BCUT2D eigenvalue weighted by atomic mass is 9.91. The molecule has 0 atom stereocenters. The van der Waals surface area contributed by atoms with Gasteiger partial charge in [-0.1, -0.05) is 60.7 Å². The highest BCUT2D eigenvalue weighted by Crippen LogP contribution is 2.35. The van der Waals surface area contributed by atoms with Gasteiger partial charge in [0.25, 0.3) is 0 Å². The van der Waals surface area contributed by atoms with Crippen LogP contribution < -0.4 is 0 Å². The molecule has 0 spiro atoms. The number of aromatic nitrogens is 2. The molecule has 0 unspecified atom stereocenters. The van der Waals surface area contributed by atoms with Crippen LogP contribution in [0.3, 0.4) is 0 Å². The Morgan fingerprint density at radius 2 is 1.15 bits per heavy atom. The number of aryl methyl sites for hydroxylation is 4. The highest BCUT2D eigenvalue weighted by atomic mass is 15.3. The van der Waals surface area contributed by atoms with Crippen LogP contribution in [0.1, 0.15) is 22.3 Å². The minimum absolute atomic E-state index is 0.996. The molecule has 0 fully saturated rings. The average Bonchev–Trinajstić information content (AvgIpc) is 3.11. The van der Waals surface area contributed by atoms with Gasteiger partial charge < -0.3 is 0 Å². The molecule has 2 heteroatoms. The van der Waals surface area contributed by atoms with Crippen molar-refractivity contribution in [2.75, 3.05) is 0 Å². The predicted molar refractivity (Wildman–Crippen MR) is 113 cm³/mol. The van der Waals surface area contributed by atoms with E-state index in [2.05, 4.69) is 101 Å². The van der Waals surface area contributed by atoms with Gasteiger partial charge in [-0.2, -0.15) is 5.10 Å². The first-order valence-electron chi connectivity index (χ1n) is 9.34. The van der Waals surface area contributed by atoms with Gasteiger partial charge in [-0.25, -0.2) is 4.68 Å². The zero-order chi connectivity index (χ0) is 19.0. The number of para-hydroxylation sites is 1. The van der Waals surface area contributed by atoms with Crippen LogP contribution in [-0.4, -0.2) is 9.78 Å². The third kappa shape index (κ3) is 3.08. The molecule has 2 nitrogen and oxygen atoms in total. The summed E-state index contributed by atoms with van der Waals surface area (Å²) in [5.74, 6) is 0. The summed E-state index contributed by atoms with van der Waals surface area (Å²) in [6.07, 6.45) is 2.06. The molecule has 0 aliphatic carbocycles. The molecule has 0 amide bonds. The molecule has 0 aliphatic rings. The summed E-state index contributed by atoms with van der Waals surface area (Å²) >= 11 is 0.